The number of ether oxygens (including phenoxy) is 1. The lowest BCUT2D eigenvalue weighted by Gasteiger charge is -2.03. The van der Waals surface area contributed by atoms with E-state index in [9.17, 15) is 28.1 Å². The molecule has 0 aromatic heterocycles. The van der Waals surface area contributed by atoms with Gasteiger partial charge in [0.2, 0.25) is 6.54 Å². The summed E-state index contributed by atoms with van der Waals surface area (Å²) in [7, 11) is 0. The first-order valence-corrected chi connectivity index (χ1v) is 2.70. The molecule has 0 saturated carbocycles. The number of esters is 1. The van der Waals surface area contributed by atoms with E-state index in [1.54, 1.807) is 0 Å². The van der Waals surface area contributed by atoms with E-state index in [0.717, 1.165) is 0 Å². The zero-order valence-electron chi connectivity index (χ0n) is 5.63. The van der Waals surface area contributed by atoms with Crippen LogP contribution < -0.4 is 0 Å². The van der Waals surface area contributed by atoms with Crippen LogP contribution in [0.3, 0.4) is 0 Å². The Labute approximate surface area is 64.3 Å². The molecule has 0 fully saturated rings. The first-order valence-electron chi connectivity index (χ1n) is 2.70. The van der Waals surface area contributed by atoms with Gasteiger partial charge in [-0.05, 0) is 0 Å². The molecule has 0 aliphatic heterocycles. The Morgan fingerprint density at radius 3 is 2.33 bits per heavy atom. The highest BCUT2D eigenvalue weighted by molar-refractivity contribution is 5.75. The van der Waals surface area contributed by atoms with Gasteiger partial charge in [0, 0.05) is 4.92 Å². The van der Waals surface area contributed by atoms with Crippen LogP contribution >= 0.6 is 0 Å². The first kappa shape index (κ1) is 10.7. The van der Waals surface area contributed by atoms with E-state index < -0.39 is 30.2 Å². The summed E-state index contributed by atoms with van der Waals surface area (Å²) >= 11 is 0. The predicted octanol–water partition coefficient (Wildman–Crippen LogP) is 0.369. The third-order valence-electron chi connectivity index (χ3n) is 0.738. The van der Waals surface area contributed by atoms with Gasteiger partial charge in [0.25, 0.3) is 0 Å². The fourth-order valence-electron chi connectivity index (χ4n) is 0.295. The summed E-state index contributed by atoms with van der Waals surface area (Å²) in [6, 6.07) is 0. The minimum Gasteiger partial charge on any atom is -0.452 e. The van der Waals surface area contributed by atoms with E-state index in [1.165, 1.54) is 0 Å². The smallest absolute Gasteiger partial charge is 0.452 e. The third kappa shape index (κ3) is 4.47. The second-order valence-electron chi connectivity index (χ2n) is 1.69. The van der Waals surface area contributed by atoms with Crippen molar-refractivity contribution in [3.63, 3.8) is 0 Å². The average Bonchev–Trinajstić information content (AvgIpc) is 1.84. The summed E-state index contributed by atoms with van der Waals surface area (Å²) < 4.78 is 37.5. The molecule has 0 heterocycles. The molecule has 0 N–H and O–H groups in total. The molecule has 70 valence electrons. The van der Waals surface area contributed by atoms with Crippen molar-refractivity contribution in [1.82, 2.24) is 0 Å². The molecular formula is C4H4F3NO4. The molecule has 0 amide bonds. The number of halogens is 3. The standard InChI is InChI=1S/C4H4F3NO4/c5-4(6,7)3(9)12-2-1-8(10)11/h1-2H2. The van der Waals surface area contributed by atoms with Crippen LogP contribution in [-0.2, 0) is 9.53 Å². The molecule has 12 heavy (non-hydrogen) atoms. The zero-order valence-corrected chi connectivity index (χ0v) is 5.63. The molecule has 0 aliphatic carbocycles. The van der Waals surface area contributed by atoms with Gasteiger partial charge in [0.15, 0.2) is 6.61 Å². The van der Waals surface area contributed by atoms with Crippen LogP contribution in [0.1, 0.15) is 0 Å². The summed E-state index contributed by atoms with van der Waals surface area (Å²) in [5, 5.41) is 9.56. The van der Waals surface area contributed by atoms with Crippen molar-refractivity contribution < 1.29 is 27.6 Å². The van der Waals surface area contributed by atoms with Gasteiger partial charge in [-0.3, -0.25) is 10.1 Å². The molecular weight excluding hydrogens is 183 g/mol. The van der Waals surface area contributed by atoms with E-state index in [4.69, 9.17) is 0 Å². The maximum atomic E-state index is 11.3. The maximum Gasteiger partial charge on any atom is 0.490 e. The summed E-state index contributed by atoms with van der Waals surface area (Å²) in [5.41, 5.74) is 0. The molecule has 0 aliphatic rings. The van der Waals surface area contributed by atoms with Gasteiger partial charge in [0.1, 0.15) is 0 Å². The number of hydrogen-bond acceptors (Lipinski definition) is 4. The number of nitrogens with zero attached hydrogens (tertiary/aromatic N) is 1. The lowest BCUT2D eigenvalue weighted by molar-refractivity contribution is -0.482. The Morgan fingerprint density at radius 2 is 2.00 bits per heavy atom. The average molecular weight is 187 g/mol. The fourth-order valence-corrected chi connectivity index (χ4v) is 0.295. The SMILES string of the molecule is O=C(OCC[N+](=O)[O-])C(F)(F)F. The summed E-state index contributed by atoms with van der Waals surface area (Å²) in [5.74, 6) is -2.41. The Bertz CT molecular complexity index is 189. The van der Waals surface area contributed by atoms with Crippen LogP contribution in [0.4, 0.5) is 13.2 Å². The molecule has 0 atom stereocenters. The molecule has 5 nitrogen and oxygen atoms in total. The van der Waals surface area contributed by atoms with Crippen LogP contribution in [-0.4, -0.2) is 30.2 Å². The molecule has 0 bridgehead atoms. The van der Waals surface area contributed by atoms with Crippen molar-refractivity contribution >= 4 is 5.97 Å². The van der Waals surface area contributed by atoms with Crippen LogP contribution in [0.15, 0.2) is 0 Å². The number of carbonyl (C=O) groups is 1. The fraction of sp³-hybridized carbons (Fsp3) is 0.750. The highest BCUT2D eigenvalue weighted by atomic mass is 19.4. The third-order valence-corrected chi connectivity index (χ3v) is 0.738. The zero-order chi connectivity index (χ0) is 9.78. The van der Waals surface area contributed by atoms with Crippen LogP contribution in [0.5, 0.6) is 0 Å². The van der Waals surface area contributed by atoms with Crippen molar-refractivity contribution in [1.29, 1.82) is 0 Å². The summed E-state index contributed by atoms with van der Waals surface area (Å²) in [6.07, 6.45) is -5.09. The first-order chi connectivity index (χ1) is 5.34. The number of alkyl halides is 3. The molecule has 0 saturated heterocycles. The largest absolute Gasteiger partial charge is 0.490 e. The molecule has 0 rings (SSSR count). The second kappa shape index (κ2) is 3.88. The van der Waals surface area contributed by atoms with Crippen molar-refractivity contribution in [3.05, 3.63) is 10.1 Å². The van der Waals surface area contributed by atoms with E-state index in [1.807, 2.05) is 0 Å². The van der Waals surface area contributed by atoms with Crippen molar-refractivity contribution in [2.45, 2.75) is 6.18 Å². The van der Waals surface area contributed by atoms with Gasteiger partial charge in [-0.15, -0.1) is 0 Å². The Kier molecular flexibility index (Phi) is 3.45. The Balaban J connectivity index is 3.66. The molecule has 0 spiro atoms. The van der Waals surface area contributed by atoms with Gasteiger partial charge < -0.3 is 4.74 Å². The highest BCUT2D eigenvalue weighted by Crippen LogP contribution is 2.15. The molecule has 0 aromatic rings. The number of hydrogen-bond donors (Lipinski definition) is 0. The highest BCUT2D eigenvalue weighted by Gasteiger charge is 2.40. The normalized spacial score (nSPS) is 10.9. The number of nitro groups is 1. The second-order valence-corrected chi connectivity index (χ2v) is 1.69. The summed E-state index contributed by atoms with van der Waals surface area (Å²) in [4.78, 5) is 18.6. The minimum atomic E-state index is -5.09. The Morgan fingerprint density at radius 1 is 1.50 bits per heavy atom. The molecule has 0 aromatic carbocycles. The summed E-state index contributed by atoms with van der Waals surface area (Å²) in [6.45, 7) is -1.70. The van der Waals surface area contributed by atoms with Crippen molar-refractivity contribution in [2.75, 3.05) is 13.2 Å². The van der Waals surface area contributed by atoms with Crippen LogP contribution in [0.2, 0.25) is 0 Å². The van der Waals surface area contributed by atoms with Gasteiger partial charge in [0.05, 0.1) is 0 Å². The minimum absolute atomic E-state index is 0.832. The monoisotopic (exact) mass is 187 g/mol. The van der Waals surface area contributed by atoms with E-state index in [0.29, 0.717) is 0 Å². The van der Waals surface area contributed by atoms with E-state index in [-0.39, 0.29) is 0 Å². The number of rotatable bonds is 3. The number of carbonyl (C=O) groups excluding carboxylic acids is 1. The maximum absolute atomic E-state index is 11.3. The topological polar surface area (TPSA) is 69.4 Å². The van der Waals surface area contributed by atoms with Crippen LogP contribution in [0.25, 0.3) is 0 Å². The predicted molar refractivity (Wildman–Crippen MR) is 28.9 cm³/mol. The lowest BCUT2D eigenvalue weighted by atomic mass is 10.6. The quantitative estimate of drug-likeness (QED) is 0.363. The van der Waals surface area contributed by atoms with Crippen molar-refractivity contribution in [2.24, 2.45) is 0 Å². The van der Waals surface area contributed by atoms with Crippen molar-refractivity contribution in [3.8, 4) is 0 Å². The van der Waals surface area contributed by atoms with E-state index in [2.05, 4.69) is 4.74 Å². The van der Waals surface area contributed by atoms with Gasteiger partial charge in [-0.25, -0.2) is 4.79 Å². The lowest BCUT2D eigenvalue weighted by Crippen LogP contribution is -2.27. The van der Waals surface area contributed by atoms with Crippen LogP contribution in [0, 0.1) is 10.1 Å². The molecule has 0 radical (unpaired) electrons. The van der Waals surface area contributed by atoms with Gasteiger partial charge in [-0.1, -0.05) is 0 Å². The molecule has 8 heteroatoms. The van der Waals surface area contributed by atoms with Gasteiger partial charge >= 0.3 is 12.1 Å². The Hall–Kier alpha value is -1.34. The molecule has 0 unspecified atom stereocenters. The van der Waals surface area contributed by atoms with Gasteiger partial charge in [-0.2, -0.15) is 13.2 Å². The van der Waals surface area contributed by atoms with E-state index >= 15 is 0 Å².